The van der Waals surface area contributed by atoms with E-state index >= 15 is 0 Å². The Hall–Kier alpha value is -1.57. The zero-order valence-corrected chi connectivity index (χ0v) is 13.5. The van der Waals surface area contributed by atoms with Crippen molar-refractivity contribution >= 4 is 51.9 Å². The lowest BCUT2D eigenvalue weighted by molar-refractivity contribution is -0.137. The first kappa shape index (κ1) is 17.8. The molecule has 0 aliphatic carbocycles. The minimum Gasteiger partial charge on any atom is -0.332 e. The molecule has 0 fully saturated rings. The van der Waals surface area contributed by atoms with Gasteiger partial charge in [0.15, 0.2) is 5.11 Å². The Kier molecular flexibility index (Phi) is 5.33. The summed E-state index contributed by atoms with van der Waals surface area (Å²) in [6.07, 6.45) is -4.58. The summed E-state index contributed by atoms with van der Waals surface area (Å²) in [5, 5.41) is 5.60. The van der Waals surface area contributed by atoms with Crippen LogP contribution in [0.25, 0.3) is 0 Å². The summed E-state index contributed by atoms with van der Waals surface area (Å²) in [6, 6.07) is 6.50. The average molecular weight is 383 g/mol. The standard InChI is InChI=1S/C14H8Cl2F4N2S/c15-8-4-9(16)6-10(5-8)21-13(23)22-12-3-7(14(18,19)20)1-2-11(12)17/h1-6H,(H2,21,22,23). The maximum absolute atomic E-state index is 13.6. The van der Waals surface area contributed by atoms with E-state index in [1.54, 1.807) is 0 Å². The van der Waals surface area contributed by atoms with Crippen LogP contribution in [-0.2, 0) is 6.18 Å². The smallest absolute Gasteiger partial charge is 0.332 e. The summed E-state index contributed by atoms with van der Waals surface area (Å²) < 4.78 is 51.6. The molecule has 9 heteroatoms. The number of hydrogen-bond donors (Lipinski definition) is 2. The van der Waals surface area contributed by atoms with Crippen LogP contribution < -0.4 is 10.6 Å². The Morgan fingerprint density at radius 1 is 0.957 bits per heavy atom. The van der Waals surface area contributed by atoms with Gasteiger partial charge in [0.2, 0.25) is 0 Å². The van der Waals surface area contributed by atoms with E-state index in [4.69, 9.17) is 35.4 Å². The average Bonchev–Trinajstić information content (AvgIpc) is 2.38. The van der Waals surface area contributed by atoms with Crippen LogP contribution in [0, 0.1) is 5.82 Å². The molecule has 0 radical (unpaired) electrons. The van der Waals surface area contributed by atoms with Gasteiger partial charge in [-0.25, -0.2) is 4.39 Å². The SMILES string of the molecule is Fc1ccc(C(F)(F)F)cc1NC(=S)Nc1cc(Cl)cc(Cl)c1. The molecule has 2 rings (SSSR count). The highest BCUT2D eigenvalue weighted by Crippen LogP contribution is 2.32. The number of nitrogens with one attached hydrogen (secondary N) is 2. The van der Waals surface area contributed by atoms with Crippen molar-refractivity contribution in [1.82, 2.24) is 0 Å². The first-order valence-electron chi connectivity index (χ1n) is 6.06. The van der Waals surface area contributed by atoms with E-state index < -0.39 is 23.2 Å². The lowest BCUT2D eigenvalue weighted by Crippen LogP contribution is -2.20. The zero-order valence-electron chi connectivity index (χ0n) is 11.1. The number of halogens is 6. The molecule has 122 valence electrons. The van der Waals surface area contributed by atoms with E-state index in [1.807, 2.05) is 0 Å². The quantitative estimate of drug-likeness (QED) is 0.494. The van der Waals surface area contributed by atoms with Crippen molar-refractivity contribution in [3.8, 4) is 0 Å². The highest BCUT2D eigenvalue weighted by molar-refractivity contribution is 7.80. The van der Waals surface area contributed by atoms with Crippen LogP contribution >= 0.6 is 35.4 Å². The Morgan fingerprint density at radius 3 is 2.13 bits per heavy atom. The maximum Gasteiger partial charge on any atom is 0.416 e. The van der Waals surface area contributed by atoms with E-state index in [9.17, 15) is 17.6 Å². The van der Waals surface area contributed by atoms with E-state index in [-0.39, 0.29) is 5.11 Å². The molecule has 0 heterocycles. The van der Waals surface area contributed by atoms with Crippen molar-refractivity contribution in [3.05, 3.63) is 57.8 Å². The molecular formula is C14H8Cl2F4N2S. The van der Waals surface area contributed by atoms with Crippen molar-refractivity contribution in [2.24, 2.45) is 0 Å². The predicted molar refractivity (Wildman–Crippen MR) is 87.7 cm³/mol. The van der Waals surface area contributed by atoms with Gasteiger partial charge in [-0.1, -0.05) is 23.2 Å². The highest BCUT2D eigenvalue weighted by atomic mass is 35.5. The van der Waals surface area contributed by atoms with Gasteiger partial charge in [0.1, 0.15) is 5.82 Å². The largest absolute Gasteiger partial charge is 0.416 e. The van der Waals surface area contributed by atoms with E-state index in [0.717, 1.165) is 0 Å². The molecule has 0 bridgehead atoms. The summed E-state index contributed by atoms with van der Waals surface area (Å²) in [5.74, 6) is -0.869. The fourth-order valence-electron chi connectivity index (χ4n) is 1.71. The highest BCUT2D eigenvalue weighted by Gasteiger charge is 2.31. The molecule has 0 aliphatic rings. The monoisotopic (exact) mass is 382 g/mol. The fourth-order valence-corrected chi connectivity index (χ4v) is 2.46. The van der Waals surface area contributed by atoms with E-state index in [2.05, 4.69) is 10.6 Å². The molecule has 0 amide bonds. The van der Waals surface area contributed by atoms with Gasteiger partial charge in [-0.05, 0) is 48.6 Å². The molecule has 2 aromatic rings. The molecule has 0 aromatic heterocycles. The molecule has 0 saturated carbocycles. The number of thiocarbonyl (C=S) groups is 1. The maximum atomic E-state index is 13.6. The van der Waals surface area contributed by atoms with Gasteiger partial charge in [-0.3, -0.25) is 0 Å². The molecule has 23 heavy (non-hydrogen) atoms. The molecule has 0 saturated heterocycles. The first-order chi connectivity index (χ1) is 10.6. The van der Waals surface area contributed by atoms with Crippen LogP contribution in [0.1, 0.15) is 5.56 Å². The number of rotatable bonds is 2. The minimum atomic E-state index is -4.58. The van der Waals surface area contributed by atoms with Crippen LogP contribution in [0.15, 0.2) is 36.4 Å². The number of alkyl halides is 3. The van der Waals surface area contributed by atoms with Crippen LogP contribution in [0.5, 0.6) is 0 Å². The van der Waals surface area contributed by atoms with Crippen LogP contribution in [0.2, 0.25) is 10.0 Å². The van der Waals surface area contributed by atoms with Crippen molar-refractivity contribution in [3.63, 3.8) is 0 Å². The summed E-state index contributed by atoms with van der Waals surface area (Å²) in [7, 11) is 0. The minimum absolute atomic E-state index is 0.110. The third-order valence-electron chi connectivity index (χ3n) is 2.66. The zero-order chi connectivity index (χ0) is 17.2. The summed E-state index contributed by atoms with van der Waals surface area (Å²) in [6.45, 7) is 0. The molecule has 0 aliphatic heterocycles. The fraction of sp³-hybridized carbons (Fsp3) is 0.0714. The van der Waals surface area contributed by atoms with Crippen molar-refractivity contribution in [2.45, 2.75) is 6.18 Å². The van der Waals surface area contributed by atoms with Gasteiger partial charge in [-0.15, -0.1) is 0 Å². The van der Waals surface area contributed by atoms with Gasteiger partial charge in [0, 0.05) is 15.7 Å². The predicted octanol–water partition coefficient (Wildman–Crippen LogP) is 5.96. The normalized spacial score (nSPS) is 11.2. The first-order valence-corrected chi connectivity index (χ1v) is 7.22. The van der Waals surface area contributed by atoms with Gasteiger partial charge in [0.05, 0.1) is 11.3 Å². The number of anilines is 2. The summed E-state index contributed by atoms with van der Waals surface area (Å²) in [5.41, 5.74) is -0.979. The van der Waals surface area contributed by atoms with E-state index in [1.165, 1.54) is 18.2 Å². The molecule has 2 nitrogen and oxygen atoms in total. The van der Waals surface area contributed by atoms with Gasteiger partial charge in [-0.2, -0.15) is 13.2 Å². The molecule has 0 atom stereocenters. The molecular weight excluding hydrogens is 375 g/mol. The van der Waals surface area contributed by atoms with Crippen LogP contribution in [0.4, 0.5) is 28.9 Å². The second-order valence-electron chi connectivity index (χ2n) is 4.43. The second-order valence-corrected chi connectivity index (χ2v) is 5.71. The summed E-state index contributed by atoms with van der Waals surface area (Å²) >= 11 is 16.6. The van der Waals surface area contributed by atoms with Gasteiger partial charge >= 0.3 is 6.18 Å². The van der Waals surface area contributed by atoms with Crippen molar-refractivity contribution in [1.29, 1.82) is 0 Å². The Labute approximate surface area is 144 Å². The third-order valence-corrected chi connectivity index (χ3v) is 3.30. The number of hydrogen-bond acceptors (Lipinski definition) is 1. The topological polar surface area (TPSA) is 24.1 Å². The van der Waals surface area contributed by atoms with Gasteiger partial charge in [0.25, 0.3) is 0 Å². The van der Waals surface area contributed by atoms with Crippen LogP contribution in [-0.4, -0.2) is 5.11 Å². The Balaban J connectivity index is 2.17. The third kappa shape index (κ3) is 4.95. The van der Waals surface area contributed by atoms with Crippen molar-refractivity contribution < 1.29 is 17.6 Å². The second kappa shape index (κ2) is 6.90. The lowest BCUT2D eigenvalue weighted by atomic mass is 10.2. The lowest BCUT2D eigenvalue weighted by Gasteiger charge is -2.14. The molecule has 2 aromatic carbocycles. The van der Waals surface area contributed by atoms with E-state index in [0.29, 0.717) is 33.9 Å². The summed E-state index contributed by atoms with van der Waals surface area (Å²) in [4.78, 5) is 0. The molecule has 0 spiro atoms. The molecule has 2 N–H and O–H groups in total. The Bertz CT molecular complexity index is 730. The number of benzene rings is 2. The Morgan fingerprint density at radius 2 is 1.57 bits per heavy atom. The van der Waals surface area contributed by atoms with Crippen LogP contribution in [0.3, 0.4) is 0 Å². The van der Waals surface area contributed by atoms with Crippen molar-refractivity contribution in [2.75, 3.05) is 10.6 Å². The van der Waals surface area contributed by atoms with Gasteiger partial charge < -0.3 is 10.6 Å². The molecule has 0 unspecified atom stereocenters.